The lowest BCUT2D eigenvalue weighted by molar-refractivity contribution is -0.232. The summed E-state index contributed by atoms with van der Waals surface area (Å²) in [5.74, 6) is 0.438. The van der Waals surface area contributed by atoms with Crippen LogP contribution in [0, 0.1) is 6.92 Å². The van der Waals surface area contributed by atoms with E-state index in [0.717, 1.165) is 44.1 Å². The number of aryl methyl sites for hydroxylation is 1. The van der Waals surface area contributed by atoms with Gasteiger partial charge in [0.1, 0.15) is 30.5 Å². The molecule has 0 amide bonds. The van der Waals surface area contributed by atoms with Crippen molar-refractivity contribution in [3.63, 3.8) is 0 Å². The summed E-state index contributed by atoms with van der Waals surface area (Å²) in [4.78, 5) is 0. The van der Waals surface area contributed by atoms with Crippen LogP contribution in [0.4, 0.5) is 0 Å². The number of aliphatic hydroxyl groups is 4. The number of benzene rings is 2. The first-order chi connectivity index (χ1) is 16.0. The van der Waals surface area contributed by atoms with E-state index in [1.807, 2.05) is 0 Å². The van der Waals surface area contributed by atoms with Crippen LogP contribution in [0.2, 0.25) is 0 Å². The Labute approximate surface area is 196 Å². The molecule has 5 rings (SSSR count). The monoisotopic (exact) mass is 452 g/mol. The van der Waals surface area contributed by atoms with Gasteiger partial charge < -0.3 is 25.2 Å². The van der Waals surface area contributed by atoms with Gasteiger partial charge in [-0.1, -0.05) is 48.7 Å². The smallest absolute Gasteiger partial charge is 0.113 e. The van der Waals surface area contributed by atoms with Gasteiger partial charge in [-0.05, 0) is 84.7 Å². The Morgan fingerprint density at radius 2 is 1.58 bits per heavy atom. The van der Waals surface area contributed by atoms with E-state index < -0.39 is 37.1 Å². The first-order valence-corrected chi connectivity index (χ1v) is 12.5. The van der Waals surface area contributed by atoms with Crippen molar-refractivity contribution in [1.29, 1.82) is 0 Å². The van der Waals surface area contributed by atoms with Crippen molar-refractivity contribution < 1.29 is 25.2 Å². The Hall–Kier alpha value is -1.76. The van der Waals surface area contributed by atoms with Gasteiger partial charge in [-0.2, -0.15) is 0 Å². The normalized spacial score (nSPS) is 30.0. The maximum absolute atomic E-state index is 11.0. The fourth-order valence-electron chi connectivity index (χ4n) is 6.30. The van der Waals surface area contributed by atoms with Crippen LogP contribution in [0.5, 0.6) is 0 Å². The minimum atomic E-state index is -1.36. The molecule has 3 aliphatic rings. The summed E-state index contributed by atoms with van der Waals surface area (Å²) in [6.07, 6.45) is 3.15. The summed E-state index contributed by atoms with van der Waals surface area (Å²) in [5, 5.41) is 41.6. The molecule has 0 spiro atoms. The first kappa shape index (κ1) is 23.0. The molecule has 2 aliphatic carbocycles. The highest BCUT2D eigenvalue weighted by Gasteiger charge is 2.45. The molecule has 0 aromatic heterocycles. The topological polar surface area (TPSA) is 90.2 Å². The van der Waals surface area contributed by atoms with Crippen LogP contribution in [0.25, 0.3) is 0 Å². The van der Waals surface area contributed by atoms with Gasteiger partial charge in [0.2, 0.25) is 0 Å². The van der Waals surface area contributed by atoms with Gasteiger partial charge in [0, 0.05) is 0 Å². The number of hydrogen-bond acceptors (Lipinski definition) is 5. The lowest BCUT2D eigenvalue weighted by atomic mass is 9.79. The average molecular weight is 453 g/mol. The van der Waals surface area contributed by atoms with Gasteiger partial charge >= 0.3 is 0 Å². The Kier molecular flexibility index (Phi) is 6.60. The summed E-state index contributed by atoms with van der Waals surface area (Å²) in [5.41, 5.74) is 8.87. The van der Waals surface area contributed by atoms with E-state index in [2.05, 4.69) is 37.3 Å². The van der Waals surface area contributed by atoms with Crippen LogP contribution in [0.15, 0.2) is 30.3 Å². The highest BCUT2D eigenvalue weighted by atomic mass is 16.5. The number of rotatable bonds is 5. The molecule has 1 aliphatic heterocycles. The molecule has 33 heavy (non-hydrogen) atoms. The van der Waals surface area contributed by atoms with E-state index in [4.69, 9.17) is 4.74 Å². The van der Waals surface area contributed by atoms with Gasteiger partial charge in [-0.3, -0.25) is 0 Å². The van der Waals surface area contributed by atoms with E-state index in [-0.39, 0.29) is 0 Å². The summed E-state index contributed by atoms with van der Waals surface area (Å²) in [6.45, 7) is 1.69. The molecule has 5 nitrogen and oxygen atoms in total. The van der Waals surface area contributed by atoms with Crippen molar-refractivity contribution in [2.24, 2.45) is 0 Å². The van der Waals surface area contributed by atoms with Crippen LogP contribution < -0.4 is 0 Å². The third-order valence-corrected chi connectivity index (χ3v) is 8.05. The summed E-state index contributed by atoms with van der Waals surface area (Å²) >= 11 is 0. The van der Waals surface area contributed by atoms with Crippen LogP contribution in [0.1, 0.15) is 83.1 Å². The zero-order valence-corrected chi connectivity index (χ0v) is 19.4. The van der Waals surface area contributed by atoms with E-state index in [9.17, 15) is 20.4 Å². The van der Waals surface area contributed by atoms with E-state index in [0.29, 0.717) is 5.92 Å². The van der Waals surface area contributed by atoms with Gasteiger partial charge in [0.05, 0.1) is 6.61 Å². The van der Waals surface area contributed by atoms with Gasteiger partial charge in [-0.25, -0.2) is 0 Å². The largest absolute Gasteiger partial charge is 0.394 e. The third kappa shape index (κ3) is 4.26. The number of hydrogen-bond donors (Lipinski definition) is 4. The lowest BCUT2D eigenvalue weighted by Crippen LogP contribution is -2.55. The minimum Gasteiger partial charge on any atom is -0.394 e. The molecule has 0 radical (unpaired) electrons. The summed E-state index contributed by atoms with van der Waals surface area (Å²) < 4.78 is 6.09. The van der Waals surface area contributed by atoms with E-state index in [1.54, 1.807) is 0 Å². The SMILES string of the molecule is Cc1ccc(Cc2cc([C@@H]3O[C@H](CO)[C@@H](O)[C@H](O)[C@H]3O)c(C3CCCC3)c3c2CCC3)cc1. The minimum absolute atomic E-state index is 0.401. The van der Waals surface area contributed by atoms with Crippen molar-refractivity contribution in [2.75, 3.05) is 6.61 Å². The molecule has 1 saturated carbocycles. The third-order valence-electron chi connectivity index (χ3n) is 8.05. The molecule has 1 heterocycles. The van der Waals surface area contributed by atoms with Crippen molar-refractivity contribution >= 4 is 0 Å². The molecule has 2 fully saturated rings. The fraction of sp³-hybridized carbons (Fsp3) is 0.571. The van der Waals surface area contributed by atoms with Crippen LogP contribution in [-0.2, 0) is 24.0 Å². The van der Waals surface area contributed by atoms with Gasteiger partial charge in [0.15, 0.2) is 0 Å². The zero-order chi connectivity index (χ0) is 23.1. The molecular formula is C28H36O5. The fourth-order valence-corrected chi connectivity index (χ4v) is 6.30. The zero-order valence-electron chi connectivity index (χ0n) is 19.4. The molecule has 0 bridgehead atoms. The summed E-state index contributed by atoms with van der Waals surface area (Å²) in [7, 11) is 0. The van der Waals surface area contributed by atoms with Crippen molar-refractivity contribution in [3.05, 3.63) is 69.3 Å². The molecule has 4 N–H and O–H groups in total. The van der Waals surface area contributed by atoms with Crippen molar-refractivity contribution in [3.8, 4) is 0 Å². The number of aliphatic hydroxyl groups excluding tert-OH is 4. The highest BCUT2D eigenvalue weighted by Crippen LogP contribution is 2.46. The quantitative estimate of drug-likeness (QED) is 0.559. The van der Waals surface area contributed by atoms with Crippen molar-refractivity contribution in [1.82, 2.24) is 0 Å². The van der Waals surface area contributed by atoms with Gasteiger partial charge in [0.25, 0.3) is 0 Å². The van der Waals surface area contributed by atoms with Crippen LogP contribution in [-0.4, -0.2) is 51.4 Å². The Bertz CT molecular complexity index is 977. The molecular weight excluding hydrogens is 416 g/mol. The average Bonchev–Trinajstić information content (AvgIpc) is 3.52. The van der Waals surface area contributed by atoms with Crippen molar-refractivity contribution in [2.45, 2.75) is 94.7 Å². The second-order valence-corrected chi connectivity index (χ2v) is 10.2. The second kappa shape index (κ2) is 9.47. The highest BCUT2D eigenvalue weighted by molar-refractivity contribution is 5.53. The second-order valence-electron chi connectivity index (χ2n) is 10.2. The molecule has 2 aromatic rings. The van der Waals surface area contributed by atoms with Crippen LogP contribution >= 0.6 is 0 Å². The molecule has 5 heteroatoms. The number of fused-ring (bicyclic) bond motifs is 1. The maximum Gasteiger partial charge on any atom is 0.113 e. The maximum atomic E-state index is 11.0. The predicted molar refractivity (Wildman–Crippen MR) is 126 cm³/mol. The van der Waals surface area contributed by atoms with Crippen LogP contribution in [0.3, 0.4) is 0 Å². The number of ether oxygens (including phenoxy) is 1. The molecule has 5 atom stereocenters. The van der Waals surface area contributed by atoms with E-state index >= 15 is 0 Å². The molecule has 178 valence electrons. The standard InChI is InChI=1S/C28H36O5/c1-16-9-11-17(12-10-16)13-19-14-22(28-27(32)26(31)25(30)23(15-29)33-28)24(18-5-2-3-6-18)21-8-4-7-20(19)21/h9-12,14,18,23,25-32H,2-8,13,15H2,1H3/t23-,25-,26+,27-,28+/m1/s1. The van der Waals surface area contributed by atoms with Gasteiger partial charge in [-0.15, -0.1) is 0 Å². The molecule has 2 aromatic carbocycles. The summed E-state index contributed by atoms with van der Waals surface area (Å²) in [6, 6.07) is 10.8. The van der Waals surface area contributed by atoms with E-state index in [1.165, 1.54) is 46.2 Å². The first-order valence-electron chi connectivity index (χ1n) is 12.5. The Morgan fingerprint density at radius 3 is 2.27 bits per heavy atom. The lowest BCUT2D eigenvalue weighted by Gasteiger charge is -2.41. The molecule has 1 saturated heterocycles. The molecule has 0 unspecified atom stereocenters. The Balaban J connectivity index is 1.62. The Morgan fingerprint density at radius 1 is 0.879 bits per heavy atom. The predicted octanol–water partition coefficient (Wildman–Crippen LogP) is 3.25.